The van der Waals surface area contributed by atoms with Gasteiger partial charge in [0, 0.05) is 11.3 Å². The first kappa shape index (κ1) is 11.2. The quantitative estimate of drug-likeness (QED) is 0.746. The van der Waals surface area contributed by atoms with E-state index >= 15 is 0 Å². The number of benzene rings is 1. The number of carboxylic acid groups (broad SMARTS) is 1. The lowest BCUT2D eigenvalue weighted by Gasteiger charge is -2.00. The molecule has 0 bridgehead atoms. The molecule has 0 unspecified atom stereocenters. The molecule has 0 amide bonds. The maximum atomic E-state index is 12.8. The standard InChI is InChI=1S/C12H11FN2O2/c1-6-9(12(16)17)10(14)11(15-6)7-2-4-8(13)5-3-7/h2-5,15H,14H2,1H3,(H,16,17). The lowest BCUT2D eigenvalue weighted by molar-refractivity contribution is 0.0697. The van der Waals surface area contributed by atoms with Crippen LogP contribution in [0.4, 0.5) is 10.1 Å². The first-order valence-corrected chi connectivity index (χ1v) is 4.98. The Balaban J connectivity index is 2.57. The predicted octanol–water partition coefficient (Wildman–Crippen LogP) is 2.41. The minimum Gasteiger partial charge on any atom is -0.478 e. The van der Waals surface area contributed by atoms with Gasteiger partial charge in [-0.1, -0.05) is 0 Å². The number of nitrogen functional groups attached to an aromatic ring is 1. The van der Waals surface area contributed by atoms with Crippen molar-refractivity contribution in [2.45, 2.75) is 6.92 Å². The van der Waals surface area contributed by atoms with Crippen molar-refractivity contribution in [3.05, 3.63) is 41.3 Å². The maximum Gasteiger partial charge on any atom is 0.339 e. The molecule has 0 saturated carbocycles. The van der Waals surface area contributed by atoms with E-state index in [1.165, 1.54) is 12.1 Å². The van der Waals surface area contributed by atoms with Crippen LogP contribution < -0.4 is 5.73 Å². The molecule has 0 aliphatic carbocycles. The van der Waals surface area contributed by atoms with Crippen LogP contribution in [0.3, 0.4) is 0 Å². The summed E-state index contributed by atoms with van der Waals surface area (Å²) in [6, 6.07) is 5.68. The average molecular weight is 234 g/mol. The molecular formula is C12H11FN2O2. The number of hydrogen-bond donors (Lipinski definition) is 3. The van der Waals surface area contributed by atoms with Crippen molar-refractivity contribution in [1.82, 2.24) is 4.98 Å². The minimum absolute atomic E-state index is 0.0596. The Kier molecular flexibility index (Phi) is 2.59. The number of nitrogens with one attached hydrogen (secondary N) is 1. The number of rotatable bonds is 2. The number of H-pyrrole nitrogens is 1. The minimum atomic E-state index is -1.08. The predicted molar refractivity (Wildman–Crippen MR) is 62.3 cm³/mol. The number of halogens is 1. The van der Waals surface area contributed by atoms with Gasteiger partial charge in [0.2, 0.25) is 0 Å². The van der Waals surface area contributed by atoms with Crippen LogP contribution >= 0.6 is 0 Å². The highest BCUT2D eigenvalue weighted by Gasteiger charge is 2.18. The molecule has 4 N–H and O–H groups in total. The SMILES string of the molecule is Cc1[nH]c(-c2ccc(F)cc2)c(N)c1C(=O)O. The van der Waals surface area contributed by atoms with Crippen LogP contribution in [0.1, 0.15) is 16.1 Å². The second-order valence-corrected chi connectivity index (χ2v) is 3.73. The van der Waals surface area contributed by atoms with Gasteiger partial charge in [-0.15, -0.1) is 0 Å². The summed E-state index contributed by atoms with van der Waals surface area (Å²) < 4.78 is 12.8. The molecule has 1 heterocycles. The third-order valence-electron chi connectivity index (χ3n) is 2.57. The van der Waals surface area contributed by atoms with Crippen molar-refractivity contribution in [2.75, 3.05) is 5.73 Å². The van der Waals surface area contributed by atoms with E-state index in [0.717, 1.165) is 0 Å². The van der Waals surface area contributed by atoms with Crippen molar-refractivity contribution < 1.29 is 14.3 Å². The summed E-state index contributed by atoms with van der Waals surface area (Å²) in [5.74, 6) is -1.43. The summed E-state index contributed by atoms with van der Waals surface area (Å²) in [4.78, 5) is 13.9. The zero-order chi connectivity index (χ0) is 12.6. The van der Waals surface area contributed by atoms with Gasteiger partial charge in [0.1, 0.15) is 11.4 Å². The Hall–Kier alpha value is -2.30. The number of hydrogen-bond acceptors (Lipinski definition) is 2. The normalized spacial score (nSPS) is 10.5. The van der Waals surface area contributed by atoms with E-state index in [1.807, 2.05) is 0 Å². The van der Waals surface area contributed by atoms with Crippen molar-refractivity contribution >= 4 is 11.7 Å². The van der Waals surface area contributed by atoms with Crippen LogP contribution in [-0.4, -0.2) is 16.1 Å². The smallest absolute Gasteiger partial charge is 0.339 e. The highest BCUT2D eigenvalue weighted by atomic mass is 19.1. The van der Waals surface area contributed by atoms with Gasteiger partial charge >= 0.3 is 5.97 Å². The average Bonchev–Trinajstić information content (AvgIpc) is 2.55. The summed E-state index contributed by atoms with van der Waals surface area (Å²) in [7, 11) is 0. The fourth-order valence-corrected chi connectivity index (χ4v) is 1.76. The van der Waals surface area contributed by atoms with Crippen LogP contribution in [0.15, 0.2) is 24.3 Å². The zero-order valence-electron chi connectivity index (χ0n) is 9.12. The number of aromatic amines is 1. The Bertz CT molecular complexity index is 573. The zero-order valence-corrected chi connectivity index (χ0v) is 9.12. The number of aryl methyl sites for hydroxylation is 1. The van der Waals surface area contributed by atoms with Crippen molar-refractivity contribution in [3.8, 4) is 11.3 Å². The first-order valence-electron chi connectivity index (χ1n) is 4.98. The molecule has 5 heteroatoms. The van der Waals surface area contributed by atoms with Gasteiger partial charge in [-0.05, 0) is 31.2 Å². The number of aromatic nitrogens is 1. The van der Waals surface area contributed by atoms with E-state index in [0.29, 0.717) is 17.0 Å². The second-order valence-electron chi connectivity index (χ2n) is 3.73. The van der Waals surface area contributed by atoms with Gasteiger partial charge in [0.15, 0.2) is 0 Å². The van der Waals surface area contributed by atoms with Crippen LogP contribution in [-0.2, 0) is 0 Å². The molecule has 0 saturated heterocycles. The van der Waals surface area contributed by atoms with E-state index in [1.54, 1.807) is 19.1 Å². The topological polar surface area (TPSA) is 79.1 Å². The Morgan fingerprint density at radius 1 is 1.35 bits per heavy atom. The van der Waals surface area contributed by atoms with Crippen LogP contribution in [0.25, 0.3) is 11.3 Å². The lowest BCUT2D eigenvalue weighted by atomic mass is 10.1. The van der Waals surface area contributed by atoms with Gasteiger partial charge < -0.3 is 15.8 Å². The molecule has 0 atom stereocenters. The number of carboxylic acids is 1. The molecule has 1 aromatic carbocycles. The first-order chi connectivity index (χ1) is 8.00. The summed E-state index contributed by atoms with van der Waals surface area (Å²) >= 11 is 0. The number of anilines is 1. The Morgan fingerprint density at radius 3 is 2.41 bits per heavy atom. The highest BCUT2D eigenvalue weighted by Crippen LogP contribution is 2.30. The van der Waals surface area contributed by atoms with Crippen molar-refractivity contribution in [1.29, 1.82) is 0 Å². The van der Waals surface area contributed by atoms with Gasteiger partial charge in [-0.3, -0.25) is 0 Å². The van der Waals surface area contributed by atoms with E-state index in [4.69, 9.17) is 10.8 Å². The molecule has 0 spiro atoms. The van der Waals surface area contributed by atoms with E-state index in [2.05, 4.69) is 4.98 Å². The largest absolute Gasteiger partial charge is 0.478 e. The van der Waals surface area contributed by atoms with Crippen LogP contribution in [0, 0.1) is 12.7 Å². The molecule has 0 aliphatic heterocycles. The molecule has 4 nitrogen and oxygen atoms in total. The van der Waals surface area contributed by atoms with Gasteiger partial charge in [-0.25, -0.2) is 9.18 Å². The second kappa shape index (κ2) is 3.93. The number of aromatic carboxylic acids is 1. The van der Waals surface area contributed by atoms with Crippen molar-refractivity contribution in [2.24, 2.45) is 0 Å². The summed E-state index contributed by atoms with van der Waals surface area (Å²) in [5.41, 5.74) is 7.63. The number of carbonyl (C=O) groups is 1. The highest BCUT2D eigenvalue weighted by molar-refractivity contribution is 5.99. The van der Waals surface area contributed by atoms with Gasteiger partial charge in [0.05, 0.1) is 11.4 Å². The molecular weight excluding hydrogens is 223 g/mol. The Labute approximate surface area is 96.9 Å². The van der Waals surface area contributed by atoms with Crippen LogP contribution in [0.2, 0.25) is 0 Å². The van der Waals surface area contributed by atoms with Gasteiger partial charge in [-0.2, -0.15) is 0 Å². The molecule has 0 fully saturated rings. The third-order valence-corrected chi connectivity index (χ3v) is 2.57. The molecule has 88 valence electrons. The van der Waals surface area contributed by atoms with Crippen molar-refractivity contribution in [3.63, 3.8) is 0 Å². The molecule has 0 radical (unpaired) electrons. The fraction of sp³-hybridized carbons (Fsp3) is 0.0833. The molecule has 17 heavy (non-hydrogen) atoms. The van der Waals surface area contributed by atoms with Gasteiger partial charge in [0.25, 0.3) is 0 Å². The summed E-state index contributed by atoms with van der Waals surface area (Å²) in [6.07, 6.45) is 0. The molecule has 0 aliphatic rings. The fourth-order valence-electron chi connectivity index (χ4n) is 1.76. The number of nitrogens with two attached hydrogens (primary N) is 1. The third kappa shape index (κ3) is 1.87. The molecule has 2 rings (SSSR count). The van der Waals surface area contributed by atoms with E-state index < -0.39 is 5.97 Å². The lowest BCUT2D eigenvalue weighted by Crippen LogP contribution is -2.01. The van der Waals surface area contributed by atoms with Crippen LogP contribution in [0.5, 0.6) is 0 Å². The maximum absolute atomic E-state index is 12.8. The summed E-state index contributed by atoms with van der Waals surface area (Å²) in [5, 5.41) is 8.99. The summed E-state index contributed by atoms with van der Waals surface area (Å²) in [6.45, 7) is 1.63. The van der Waals surface area contributed by atoms with E-state index in [9.17, 15) is 9.18 Å². The monoisotopic (exact) mass is 234 g/mol. The molecule has 1 aromatic heterocycles. The van der Waals surface area contributed by atoms with E-state index in [-0.39, 0.29) is 17.1 Å². The molecule has 2 aromatic rings. The Morgan fingerprint density at radius 2 is 1.94 bits per heavy atom.